The maximum absolute atomic E-state index is 12.5. The van der Waals surface area contributed by atoms with Gasteiger partial charge in [0.2, 0.25) is 0 Å². The van der Waals surface area contributed by atoms with Crippen LogP contribution in [0.2, 0.25) is 0 Å². The first-order valence-corrected chi connectivity index (χ1v) is 7.89. The van der Waals surface area contributed by atoms with Gasteiger partial charge in [0.25, 0.3) is 5.91 Å². The Bertz CT molecular complexity index is 754. The molecule has 1 saturated carbocycles. The van der Waals surface area contributed by atoms with Gasteiger partial charge in [-0.05, 0) is 49.9 Å². The van der Waals surface area contributed by atoms with Gasteiger partial charge in [0.05, 0.1) is 12.0 Å². The molecule has 114 valence electrons. The Balaban J connectivity index is 1.83. The van der Waals surface area contributed by atoms with Crippen molar-refractivity contribution in [2.75, 3.05) is 0 Å². The number of nitrogens with zero attached hydrogens (tertiary/aromatic N) is 1. The van der Waals surface area contributed by atoms with Gasteiger partial charge in [0.15, 0.2) is 0 Å². The third-order valence-electron chi connectivity index (χ3n) is 4.58. The number of rotatable bonds is 2. The van der Waals surface area contributed by atoms with Crippen LogP contribution in [-0.4, -0.2) is 16.9 Å². The van der Waals surface area contributed by atoms with Gasteiger partial charge in [-0.1, -0.05) is 18.9 Å². The molecule has 1 aliphatic rings. The van der Waals surface area contributed by atoms with E-state index in [2.05, 4.69) is 35.4 Å². The number of fused-ring (bicyclic) bond motifs is 1. The summed E-state index contributed by atoms with van der Waals surface area (Å²) in [6, 6.07) is 8.38. The van der Waals surface area contributed by atoms with Crippen LogP contribution in [0.5, 0.6) is 0 Å². The Morgan fingerprint density at radius 3 is 2.82 bits per heavy atom. The van der Waals surface area contributed by atoms with Crippen LogP contribution in [0, 0.1) is 31.1 Å². The first-order chi connectivity index (χ1) is 10.6. The SMILES string of the molecule is Cc1cc(C)c2cc(C(=O)NC3CCCCC3C#N)[nH]c2c1. The third kappa shape index (κ3) is 2.71. The van der Waals surface area contributed by atoms with Crippen molar-refractivity contribution < 1.29 is 4.79 Å². The fraction of sp³-hybridized carbons (Fsp3) is 0.444. The molecule has 0 bridgehead atoms. The number of hydrogen-bond donors (Lipinski definition) is 2. The molecule has 22 heavy (non-hydrogen) atoms. The minimum atomic E-state index is -0.111. The lowest BCUT2D eigenvalue weighted by atomic mass is 9.85. The van der Waals surface area contributed by atoms with Crippen molar-refractivity contribution in [2.24, 2.45) is 5.92 Å². The predicted molar refractivity (Wildman–Crippen MR) is 86.6 cm³/mol. The summed E-state index contributed by atoms with van der Waals surface area (Å²) < 4.78 is 0. The maximum Gasteiger partial charge on any atom is 0.267 e. The van der Waals surface area contributed by atoms with Gasteiger partial charge in [0.1, 0.15) is 5.69 Å². The highest BCUT2D eigenvalue weighted by molar-refractivity contribution is 5.99. The highest BCUT2D eigenvalue weighted by Crippen LogP contribution is 2.25. The lowest BCUT2D eigenvalue weighted by molar-refractivity contribution is 0.0913. The number of hydrogen-bond acceptors (Lipinski definition) is 2. The number of nitrogens with one attached hydrogen (secondary N) is 2. The number of H-pyrrole nitrogens is 1. The van der Waals surface area contributed by atoms with E-state index in [9.17, 15) is 10.1 Å². The zero-order valence-electron chi connectivity index (χ0n) is 13.1. The van der Waals surface area contributed by atoms with Gasteiger partial charge < -0.3 is 10.3 Å². The molecule has 1 aliphatic carbocycles. The molecular weight excluding hydrogens is 274 g/mol. The van der Waals surface area contributed by atoms with Crippen molar-refractivity contribution in [2.45, 2.75) is 45.6 Å². The maximum atomic E-state index is 12.5. The Morgan fingerprint density at radius 1 is 1.27 bits per heavy atom. The topological polar surface area (TPSA) is 68.7 Å². The standard InChI is InChI=1S/C18H21N3O/c1-11-7-12(2)14-9-17(20-16(14)8-11)18(22)21-15-6-4-3-5-13(15)10-19/h7-9,13,15,20H,3-6H2,1-2H3,(H,21,22). The molecule has 2 unspecified atom stereocenters. The van der Waals surface area contributed by atoms with Gasteiger partial charge in [-0.25, -0.2) is 0 Å². The highest BCUT2D eigenvalue weighted by atomic mass is 16.1. The zero-order chi connectivity index (χ0) is 15.7. The number of nitriles is 1. The molecule has 0 aliphatic heterocycles. The second-order valence-electron chi connectivity index (χ2n) is 6.33. The summed E-state index contributed by atoms with van der Waals surface area (Å²) in [5.74, 6) is -0.175. The first kappa shape index (κ1) is 14.6. The fourth-order valence-electron chi connectivity index (χ4n) is 3.43. The second kappa shape index (κ2) is 5.84. The molecule has 0 radical (unpaired) electrons. The summed E-state index contributed by atoms with van der Waals surface area (Å²) >= 11 is 0. The van der Waals surface area contributed by atoms with Crippen molar-refractivity contribution in [3.05, 3.63) is 35.0 Å². The lowest BCUT2D eigenvalue weighted by Crippen LogP contribution is -2.41. The molecule has 1 aromatic carbocycles. The summed E-state index contributed by atoms with van der Waals surface area (Å²) in [5.41, 5.74) is 3.91. The zero-order valence-corrected chi connectivity index (χ0v) is 13.1. The first-order valence-electron chi connectivity index (χ1n) is 7.89. The van der Waals surface area contributed by atoms with Gasteiger partial charge in [0, 0.05) is 16.9 Å². The van der Waals surface area contributed by atoms with Crippen LogP contribution >= 0.6 is 0 Å². The largest absolute Gasteiger partial charge is 0.351 e. The Hall–Kier alpha value is -2.28. The van der Waals surface area contributed by atoms with E-state index < -0.39 is 0 Å². The summed E-state index contributed by atoms with van der Waals surface area (Å²) in [7, 11) is 0. The molecule has 2 atom stereocenters. The van der Waals surface area contributed by atoms with E-state index in [1.165, 1.54) is 5.56 Å². The van der Waals surface area contributed by atoms with Crippen molar-refractivity contribution in [3.8, 4) is 6.07 Å². The smallest absolute Gasteiger partial charge is 0.267 e. The molecule has 1 fully saturated rings. The van der Waals surface area contributed by atoms with Crippen LogP contribution < -0.4 is 5.32 Å². The highest BCUT2D eigenvalue weighted by Gasteiger charge is 2.27. The molecule has 3 rings (SSSR count). The Kier molecular flexibility index (Phi) is 3.89. The number of carbonyl (C=O) groups excluding carboxylic acids is 1. The molecule has 1 heterocycles. The van der Waals surface area contributed by atoms with Crippen LogP contribution in [0.4, 0.5) is 0 Å². The summed E-state index contributed by atoms with van der Waals surface area (Å²) in [5, 5.41) is 13.3. The normalized spacial score (nSPS) is 21.5. The fourth-order valence-corrected chi connectivity index (χ4v) is 3.43. The van der Waals surface area contributed by atoms with E-state index in [0.717, 1.165) is 42.1 Å². The third-order valence-corrected chi connectivity index (χ3v) is 4.58. The van der Waals surface area contributed by atoms with Crippen molar-refractivity contribution >= 4 is 16.8 Å². The average molecular weight is 295 g/mol. The van der Waals surface area contributed by atoms with E-state index >= 15 is 0 Å². The van der Waals surface area contributed by atoms with Gasteiger partial charge in [-0.3, -0.25) is 4.79 Å². The van der Waals surface area contributed by atoms with Crippen LogP contribution in [0.1, 0.15) is 47.3 Å². The van der Waals surface area contributed by atoms with Crippen LogP contribution in [0.15, 0.2) is 18.2 Å². The van der Waals surface area contributed by atoms with Gasteiger partial charge >= 0.3 is 0 Å². The van der Waals surface area contributed by atoms with Crippen molar-refractivity contribution in [1.29, 1.82) is 5.26 Å². The van der Waals surface area contributed by atoms with Crippen molar-refractivity contribution in [1.82, 2.24) is 10.3 Å². The van der Waals surface area contributed by atoms with E-state index in [0.29, 0.717) is 5.69 Å². The Morgan fingerprint density at radius 2 is 2.05 bits per heavy atom. The van der Waals surface area contributed by atoms with Crippen molar-refractivity contribution in [3.63, 3.8) is 0 Å². The minimum Gasteiger partial charge on any atom is -0.351 e. The molecule has 2 N–H and O–H groups in total. The predicted octanol–water partition coefficient (Wildman–Crippen LogP) is 3.60. The van der Waals surface area contributed by atoms with E-state index in [1.54, 1.807) is 0 Å². The number of amides is 1. The monoisotopic (exact) mass is 295 g/mol. The molecule has 1 aromatic heterocycles. The van der Waals surface area contributed by atoms with Crippen LogP contribution in [-0.2, 0) is 0 Å². The molecule has 4 heteroatoms. The molecule has 1 amide bonds. The number of carbonyl (C=O) groups is 1. The Labute approximate surface area is 130 Å². The number of benzene rings is 1. The molecule has 4 nitrogen and oxygen atoms in total. The minimum absolute atomic E-state index is 0.0273. The quantitative estimate of drug-likeness (QED) is 0.888. The van der Waals surface area contributed by atoms with Crippen LogP contribution in [0.25, 0.3) is 10.9 Å². The molecule has 0 spiro atoms. The summed E-state index contributed by atoms with van der Waals surface area (Å²) in [6.45, 7) is 4.10. The van der Waals surface area contributed by atoms with E-state index in [1.807, 2.05) is 13.0 Å². The molecule has 0 saturated heterocycles. The van der Waals surface area contributed by atoms with E-state index in [4.69, 9.17) is 0 Å². The average Bonchev–Trinajstić information content (AvgIpc) is 2.92. The summed E-state index contributed by atoms with van der Waals surface area (Å²) in [4.78, 5) is 15.7. The van der Waals surface area contributed by atoms with E-state index in [-0.39, 0.29) is 17.9 Å². The second-order valence-corrected chi connectivity index (χ2v) is 6.33. The van der Waals surface area contributed by atoms with Gasteiger partial charge in [-0.15, -0.1) is 0 Å². The van der Waals surface area contributed by atoms with Gasteiger partial charge in [-0.2, -0.15) is 5.26 Å². The summed E-state index contributed by atoms with van der Waals surface area (Å²) in [6.07, 6.45) is 3.93. The lowest BCUT2D eigenvalue weighted by Gasteiger charge is -2.27. The molecule has 2 aromatic rings. The molecular formula is C18H21N3O. The number of aromatic amines is 1. The number of aromatic nitrogens is 1. The number of aryl methyl sites for hydroxylation is 2. The van der Waals surface area contributed by atoms with Crippen LogP contribution in [0.3, 0.4) is 0 Å².